The monoisotopic (exact) mass is 374 g/mol. The zero-order valence-corrected chi connectivity index (χ0v) is 14.4. The molecule has 0 spiro atoms. The van der Waals surface area contributed by atoms with Crippen molar-refractivity contribution in [3.8, 4) is 0 Å². The summed E-state index contributed by atoms with van der Waals surface area (Å²) < 4.78 is 13.3. The maximum absolute atomic E-state index is 13.3. The van der Waals surface area contributed by atoms with Crippen molar-refractivity contribution < 1.29 is 9.50 Å². The molecule has 26 heavy (non-hydrogen) atoms. The molecule has 134 valence electrons. The summed E-state index contributed by atoms with van der Waals surface area (Å²) in [5, 5.41) is 16.0. The Hall–Kier alpha value is -2.58. The lowest BCUT2D eigenvalue weighted by Crippen LogP contribution is -2.18. The van der Waals surface area contributed by atoms with Crippen molar-refractivity contribution >= 4 is 40.1 Å². The second-order valence-electron chi connectivity index (χ2n) is 6.21. The van der Waals surface area contributed by atoms with Crippen molar-refractivity contribution in [3.05, 3.63) is 41.6 Å². The first kappa shape index (κ1) is 16.9. The highest BCUT2D eigenvalue weighted by atomic mass is 35.5. The van der Waals surface area contributed by atoms with Gasteiger partial charge in [-0.05, 0) is 37.5 Å². The number of rotatable bonds is 4. The van der Waals surface area contributed by atoms with E-state index >= 15 is 0 Å². The summed E-state index contributed by atoms with van der Waals surface area (Å²) in [5.41, 5.74) is 1.69. The Kier molecular flexibility index (Phi) is 4.52. The van der Waals surface area contributed by atoms with E-state index in [0.29, 0.717) is 34.9 Å². The first-order valence-electron chi connectivity index (χ1n) is 8.23. The van der Waals surface area contributed by atoms with Crippen molar-refractivity contribution in [1.29, 1.82) is 0 Å². The smallest absolute Gasteiger partial charge is 0.223 e. The molecule has 0 aliphatic heterocycles. The van der Waals surface area contributed by atoms with E-state index in [9.17, 15) is 9.50 Å². The van der Waals surface area contributed by atoms with E-state index in [1.807, 2.05) is 0 Å². The largest absolute Gasteiger partial charge is 0.393 e. The zero-order chi connectivity index (χ0) is 18.1. The van der Waals surface area contributed by atoms with Crippen LogP contribution < -0.4 is 10.6 Å². The van der Waals surface area contributed by atoms with Gasteiger partial charge in [-0.1, -0.05) is 11.6 Å². The average molecular weight is 375 g/mol. The zero-order valence-electron chi connectivity index (χ0n) is 13.7. The number of aromatic nitrogens is 4. The van der Waals surface area contributed by atoms with Gasteiger partial charge in [0.2, 0.25) is 5.95 Å². The molecule has 7 nitrogen and oxygen atoms in total. The molecule has 1 aliphatic carbocycles. The minimum atomic E-state index is -0.489. The minimum absolute atomic E-state index is 0.0186. The van der Waals surface area contributed by atoms with Crippen LogP contribution in [-0.4, -0.2) is 37.2 Å². The number of hydrogen-bond acceptors (Lipinski definition) is 7. The van der Waals surface area contributed by atoms with Crippen LogP contribution >= 0.6 is 11.6 Å². The fraction of sp³-hybridized carbons (Fsp3) is 0.294. The summed E-state index contributed by atoms with van der Waals surface area (Å²) in [7, 11) is 0. The summed E-state index contributed by atoms with van der Waals surface area (Å²) >= 11 is 5.83. The van der Waals surface area contributed by atoms with Gasteiger partial charge in [-0.15, -0.1) is 0 Å². The van der Waals surface area contributed by atoms with E-state index < -0.39 is 5.82 Å². The molecule has 0 saturated heterocycles. The molecule has 1 saturated carbocycles. The molecule has 0 radical (unpaired) electrons. The standard InChI is InChI=1S/C17H16ClFN6O/c18-12-6-10(2-4-13(12)19)23-16-15-14(21-8-22-16)7-20-17(25-15)24-9-1-3-11(26)5-9/h2,4,6-9,11,26H,1,3,5H2,(H,20,24,25)(H,21,22,23). The Balaban J connectivity index is 1.63. The number of benzene rings is 1. The van der Waals surface area contributed by atoms with E-state index in [4.69, 9.17) is 11.6 Å². The fourth-order valence-corrected chi connectivity index (χ4v) is 3.18. The maximum Gasteiger partial charge on any atom is 0.223 e. The van der Waals surface area contributed by atoms with Gasteiger partial charge in [-0.3, -0.25) is 0 Å². The third-order valence-electron chi connectivity index (χ3n) is 4.30. The van der Waals surface area contributed by atoms with E-state index in [0.717, 1.165) is 12.8 Å². The Morgan fingerprint density at radius 2 is 2.08 bits per heavy atom. The molecule has 0 bridgehead atoms. The number of nitrogens with zero attached hydrogens (tertiary/aromatic N) is 4. The Bertz CT molecular complexity index is 956. The van der Waals surface area contributed by atoms with Gasteiger partial charge in [-0.25, -0.2) is 24.3 Å². The first-order valence-corrected chi connectivity index (χ1v) is 8.61. The summed E-state index contributed by atoms with van der Waals surface area (Å²) in [4.78, 5) is 17.2. The molecule has 3 aromatic rings. The molecule has 4 rings (SSSR count). The highest BCUT2D eigenvalue weighted by Gasteiger charge is 2.23. The van der Waals surface area contributed by atoms with E-state index in [-0.39, 0.29) is 17.2 Å². The van der Waals surface area contributed by atoms with E-state index in [2.05, 4.69) is 30.6 Å². The SMILES string of the molecule is OC1CCC(Nc2ncc3ncnc(Nc4ccc(F)c(Cl)c4)c3n2)C1. The third kappa shape index (κ3) is 3.51. The number of anilines is 3. The number of halogens is 2. The highest BCUT2D eigenvalue weighted by Crippen LogP contribution is 2.26. The van der Waals surface area contributed by atoms with Crippen LogP contribution in [0, 0.1) is 5.82 Å². The molecule has 2 heterocycles. The molecule has 1 aliphatic rings. The number of hydrogen-bond donors (Lipinski definition) is 3. The van der Waals surface area contributed by atoms with Gasteiger partial charge in [0.25, 0.3) is 0 Å². The van der Waals surface area contributed by atoms with Crippen molar-refractivity contribution in [2.45, 2.75) is 31.4 Å². The van der Waals surface area contributed by atoms with Crippen molar-refractivity contribution in [1.82, 2.24) is 19.9 Å². The predicted molar refractivity (Wildman–Crippen MR) is 97.1 cm³/mol. The van der Waals surface area contributed by atoms with Gasteiger partial charge in [0, 0.05) is 11.7 Å². The quantitative estimate of drug-likeness (QED) is 0.644. The minimum Gasteiger partial charge on any atom is -0.393 e. The van der Waals surface area contributed by atoms with Gasteiger partial charge in [0.05, 0.1) is 17.3 Å². The third-order valence-corrected chi connectivity index (χ3v) is 4.59. The Morgan fingerprint density at radius 1 is 1.19 bits per heavy atom. The van der Waals surface area contributed by atoms with Crippen LogP contribution in [0.3, 0.4) is 0 Å². The second-order valence-corrected chi connectivity index (χ2v) is 6.62. The normalized spacial score (nSPS) is 19.7. The van der Waals surface area contributed by atoms with Crippen LogP contribution in [0.15, 0.2) is 30.7 Å². The number of aliphatic hydroxyl groups is 1. The predicted octanol–water partition coefficient (Wildman–Crippen LogP) is 3.28. The van der Waals surface area contributed by atoms with Crippen LogP contribution in [0.25, 0.3) is 11.0 Å². The highest BCUT2D eigenvalue weighted by molar-refractivity contribution is 6.31. The Morgan fingerprint density at radius 3 is 2.85 bits per heavy atom. The van der Waals surface area contributed by atoms with Crippen LogP contribution in [0.5, 0.6) is 0 Å². The summed E-state index contributed by atoms with van der Waals surface area (Å²) in [6, 6.07) is 4.46. The van der Waals surface area contributed by atoms with Gasteiger partial charge < -0.3 is 15.7 Å². The molecular formula is C17H16ClFN6O. The maximum atomic E-state index is 13.3. The summed E-state index contributed by atoms with van der Waals surface area (Å²) in [6.45, 7) is 0. The fourth-order valence-electron chi connectivity index (χ4n) is 3.00. The summed E-state index contributed by atoms with van der Waals surface area (Å²) in [6.07, 6.45) is 5.04. The lowest BCUT2D eigenvalue weighted by molar-refractivity contribution is 0.182. The summed E-state index contributed by atoms with van der Waals surface area (Å²) in [5.74, 6) is 0.429. The van der Waals surface area contributed by atoms with Crippen molar-refractivity contribution in [2.24, 2.45) is 0 Å². The second kappa shape index (κ2) is 6.97. The van der Waals surface area contributed by atoms with Crippen LogP contribution in [0.1, 0.15) is 19.3 Å². The molecule has 3 N–H and O–H groups in total. The van der Waals surface area contributed by atoms with Gasteiger partial charge >= 0.3 is 0 Å². The molecule has 1 fully saturated rings. The lowest BCUT2D eigenvalue weighted by Gasteiger charge is -2.13. The average Bonchev–Trinajstić information content (AvgIpc) is 3.03. The van der Waals surface area contributed by atoms with Crippen molar-refractivity contribution in [3.63, 3.8) is 0 Å². The first-order chi connectivity index (χ1) is 12.6. The number of aliphatic hydroxyl groups excluding tert-OH is 1. The van der Waals surface area contributed by atoms with E-state index in [1.54, 1.807) is 12.3 Å². The van der Waals surface area contributed by atoms with Gasteiger partial charge in [-0.2, -0.15) is 0 Å². The van der Waals surface area contributed by atoms with Gasteiger partial charge in [0.15, 0.2) is 5.82 Å². The van der Waals surface area contributed by atoms with Gasteiger partial charge in [0.1, 0.15) is 23.2 Å². The van der Waals surface area contributed by atoms with Crippen LogP contribution in [0.4, 0.5) is 21.8 Å². The lowest BCUT2D eigenvalue weighted by atomic mass is 10.2. The van der Waals surface area contributed by atoms with Crippen molar-refractivity contribution in [2.75, 3.05) is 10.6 Å². The number of fused-ring (bicyclic) bond motifs is 1. The van der Waals surface area contributed by atoms with Crippen LogP contribution in [0.2, 0.25) is 5.02 Å². The molecular weight excluding hydrogens is 359 g/mol. The molecule has 2 unspecified atom stereocenters. The van der Waals surface area contributed by atoms with Crippen LogP contribution in [-0.2, 0) is 0 Å². The van der Waals surface area contributed by atoms with E-state index in [1.165, 1.54) is 18.5 Å². The molecule has 2 atom stereocenters. The topological polar surface area (TPSA) is 95.9 Å². The molecule has 0 amide bonds. The molecule has 9 heteroatoms. The molecule has 1 aromatic carbocycles. The molecule has 2 aromatic heterocycles. The number of nitrogens with one attached hydrogen (secondary N) is 2. The Labute approximate surface area is 153 Å².